The molecule has 162 valence electrons. The molecule has 0 fully saturated rings. The summed E-state index contributed by atoms with van der Waals surface area (Å²) >= 11 is 0. The number of hydrogen-bond acceptors (Lipinski definition) is 3. The molecule has 29 heavy (non-hydrogen) atoms. The number of aryl methyl sites for hydroxylation is 1. The zero-order chi connectivity index (χ0) is 20.0. The van der Waals surface area contributed by atoms with Gasteiger partial charge in [0.25, 0.3) is 0 Å². The van der Waals surface area contributed by atoms with E-state index in [1.165, 1.54) is 17.5 Å². The van der Waals surface area contributed by atoms with Crippen LogP contribution in [0.5, 0.6) is 0 Å². The smallest absolute Gasteiger partial charge is 0.191 e. The molecule has 2 aromatic rings. The fraction of sp³-hybridized carbons (Fsp3) is 0.545. The summed E-state index contributed by atoms with van der Waals surface area (Å²) in [6.45, 7) is 11.1. The molecule has 2 rings (SSSR count). The Morgan fingerprint density at radius 3 is 2.66 bits per heavy atom. The molecular weight excluding hydrogens is 477 g/mol. The molecular formula is C22H36IN5O. The van der Waals surface area contributed by atoms with Crippen LogP contribution in [0.1, 0.15) is 50.1 Å². The van der Waals surface area contributed by atoms with Gasteiger partial charge in [-0.1, -0.05) is 37.6 Å². The van der Waals surface area contributed by atoms with Crippen molar-refractivity contribution >= 4 is 29.9 Å². The van der Waals surface area contributed by atoms with E-state index in [2.05, 4.69) is 58.3 Å². The minimum Gasteiger partial charge on any atom is -0.381 e. The van der Waals surface area contributed by atoms with E-state index in [1.54, 1.807) is 0 Å². The lowest BCUT2D eigenvalue weighted by Crippen LogP contribution is -2.38. The fourth-order valence-electron chi connectivity index (χ4n) is 2.84. The number of rotatable bonds is 12. The minimum absolute atomic E-state index is 0. The number of guanidine groups is 1. The maximum atomic E-state index is 5.60. The van der Waals surface area contributed by atoms with Crippen LogP contribution in [0.3, 0.4) is 0 Å². The van der Waals surface area contributed by atoms with E-state index in [0.29, 0.717) is 6.54 Å². The van der Waals surface area contributed by atoms with Crippen LogP contribution in [0.15, 0.2) is 41.7 Å². The maximum absolute atomic E-state index is 5.60. The molecule has 7 heteroatoms. The lowest BCUT2D eigenvalue weighted by molar-refractivity contribution is 0.129. The minimum atomic E-state index is 0. The van der Waals surface area contributed by atoms with Crippen LogP contribution >= 0.6 is 24.0 Å². The molecule has 0 saturated carbocycles. The second-order valence-corrected chi connectivity index (χ2v) is 6.86. The molecule has 0 bridgehead atoms. The number of unbranched alkanes of at least 4 members (excludes halogenated alkanes) is 1. The number of benzene rings is 1. The Morgan fingerprint density at radius 2 is 1.93 bits per heavy atom. The topological polar surface area (TPSA) is 63.5 Å². The maximum Gasteiger partial charge on any atom is 0.191 e. The molecule has 0 saturated heterocycles. The number of imidazole rings is 1. The summed E-state index contributed by atoms with van der Waals surface area (Å²) in [7, 11) is 0. The highest BCUT2D eigenvalue weighted by atomic mass is 127. The van der Waals surface area contributed by atoms with Gasteiger partial charge in [-0.15, -0.1) is 24.0 Å². The van der Waals surface area contributed by atoms with Gasteiger partial charge in [-0.05, 0) is 37.8 Å². The van der Waals surface area contributed by atoms with Gasteiger partial charge in [0.2, 0.25) is 0 Å². The van der Waals surface area contributed by atoms with Gasteiger partial charge in [0, 0.05) is 45.2 Å². The summed E-state index contributed by atoms with van der Waals surface area (Å²) in [5, 5.41) is 6.69. The Morgan fingerprint density at radius 1 is 1.14 bits per heavy atom. The number of aliphatic imine (C=N–C) groups is 1. The predicted molar refractivity (Wildman–Crippen MR) is 131 cm³/mol. The van der Waals surface area contributed by atoms with Gasteiger partial charge in [0.1, 0.15) is 5.82 Å². The normalized spacial score (nSPS) is 11.2. The molecule has 2 N–H and O–H groups in total. The van der Waals surface area contributed by atoms with Crippen molar-refractivity contribution in [3.05, 3.63) is 53.6 Å². The first-order chi connectivity index (χ1) is 13.7. The first-order valence-corrected chi connectivity index (χ1v) is 10.4. The van der Waals surface area contributed by atoms with Crippen LogP contribution < -0.4 is 10.6 Å². The molecule has 1 aromatic carbocycles. The van der Waals surface area contributed by atoms with Crippen LogP contribution in [0.4, 0.5) is 0 Å². The van der Waals surface area contributed by atoms with E-state index in [-0.39, 0.29) is 24.0 Å². The second kappa shape index (κ2) is 15.3. The SMILES string of the molecule is CCCCOCCCNC(=NCc1cccc(Cn2ccnc2C)c1)NCC.I. The molecule has 0 unspecified atom stereocenters. The van der Waals surface area contributed by atoms with Gasteiger partial charge in [-0.3, -0.25) is 0 Å². The Kier molecular flexibility index (Phi) is 13.4. The molecule has 0 aliphatic rings. The van der Waals surface area contributed by atoms with Crippen molar-refractivity contribution in [2.75, 3.05) is 26.3 Å². The van der Waals surface area contributed by atoms with E-state index in [1.807, 2.05) is 19.3 Å². The Bertz CT molecular complexity index is 717. The van der Waals surface area contributed by atoms with Crippen molar-refractivity contribution in [2.45, 2.75) is 53.1 Å². The Hall–Kier alpha value is -1.61. The quantitative estimate of drug-likeness (QED) is 0.194. The average Bonchev–Trinajstić information content (AvgIpc) is 3.10. The summed E-state index contributed by atoms with van der Waals surface area (Å²) in [5.41, 5.74) is 2.46. The Labute approximate surface area is 192 Å². The number of aromatic nitrogens is 2. The average molecular weight is 513 g/mol. The van der Waals surface area contributed by atoms with E-state index >= 15 is 0 Å². The number of nitrogens with zero attached hydrogens (tertiary/aromatic N) is 3. The fourth-order valence-corrected chi connectivity index (χ4v) is 2.84. The van der Waals surface area contributed by atoms with Crippen molar-refractivity contribution in [1.82, 2.24) is 20.2 Å². The molecule has 0 amide bonds. The van der Waals surface area contributed by atoms with Gasteiger partial charge < -0.3 is 19.9 Å². The lowest BCUT2D eigenvalue weighted by atomic mass is 10.1. The van der Waals surface area contributed by atoms with Crippen molar-refractivity contribution in [3.63, 3.8) is 0 Å². The second-order valence-electron chi connectivity index (χ2n) is 6.86. The highest BCUT2D eigenvalue weighted by Gasteiger charge is 2.02. The summed E-state index contributed by atoms with van der Waals surface area (Å²) < 4.78 is 7.75. The molecule has 6 nitrogen and oxygen atoms in total. The van der Waals surface area contributed by atoms with Crippen LogP contribution in [-0.2, 0) is 17.8 Å². The number of ether oxygens (including phenoxy) is 1. The summed E-state index contributed by atoms with van der Waals surface area (Å²) in [6, 6.07) is 8.59. The van der Waals surface area contributed by atoms with Crippen molar-refractivity contribution in [2.24, 2.45) is 4.99 Å². The molecule has 1 heterocycles. The zero-order valence-electron chi connectivity index (χ0n) is 18.0. The van der Waals surface area contributed by atoms with Gasteiger partial charge in [0.15, 0.2) is 5.96 Å². The van der Waals surface area contributed by atoms with Crippen LogP contribution in [-0.4, -0.2) is 41.8 Å². The number of hydrogen-bond donors (Lipinski definition) is 2. The molecule has 0 aliphatic heterocycles. The zero-order valence-corrected chi connectivity index (χ0v) is 20.3. The molecule has 0 atom stereocenters. The molecule has 1 aromatic heterocycles. The van der Waals surface area contributed by atoms with E-state index in [4.69, 9.17) is 9.73 Å². The first kappa shape index (κ1) is 25.4. The number of nitrogens with one attached hydrogen (secondary N) is 2. The standard InChI is InChI=1S/C22H35N5O.HI/c1-4-6-14-28-15-8-11-25-22(23-5-2)26-17-20-9-7-10-21(16-20)18-27-13-12-24-19(27)3;/h7,9-10,12-13,16H,4-6,8,11,14-15,17-18H2,1-3H3,(H2,23,25,26);1H. The highest BCUT2D eigenvalue weighted by molar-refractivity contribution is 14.0. The monoisotopic (exact) mass is 513 g/mol. The van der Waals surface area contributed by atoms with Crippen LogP contribution in [0, 0.1) is 6.92 Å². The summed E-state index contributed by atoms with van der Waals surface area (Å²) in [6.07, 6.45) is 7.15. The summed E-state index contributed by atoms with van der Waals surface area (Å²) in [5.74, 6) is 1.88. The third-order valence-corrected chi connectivity index (χ3v) is 4.43. The third kappa shape index (κ3) is 10.1. The van der Waals surface area contributed by atoms with Crippen LogP contribution in [0.2, 0.25) is 0 Å². The van der Waals surface area contributed by atoms with E-state index < -0.39 is 0 Å². The Balaban J connectivity index is 0.00000420. The lowest BCUT2D eigenvalue weighted by Gasteiger charge is -2.12. The van der Waals surface area contributed by atoms with Crippen molar-refractivity contribution in [3.8, 4) is 0 Å². The van der Waals surface area contributed by atoms with Gasteiger partial charge in [0.05, 0.1) is 6.54 Å². The number of halogens is 1. The molecule has 0 aliphatic carbocycles. The molecule has 0 spiro atoms. The van der Waals surface area contributed by atoms with Crippen LogP contribution in [0.25, 0.3) is 0 Å². The summed E-state index contributed by atoms with van der Waals surface area (Å²) in [4.78, 5) is 9.01. The highest BCUT2D eigenvalue weighted by Crippen LogP contribution is 2.09. The van der Waals surface area contributed by atoms with Crippen molar-refractivity contribution < 1.29 is 4.74 Å². The predicted octanol–water partition coefficient (Wildman–Crippen LogP) is 4.12. The van der Waals surface area contributed by atoms with E-state index in [0.717, 1.165) is 57.5 Å². The molecule has 0 radical (unpaired) electrons. The first-order valence-electron chi connectivity index (χ1n) is 10.4. The van der Waals surface area contributed by atoms with Gasteiger partial charge in [-0.25, -0.2) is 9.98 Å². The largest absolute Gasteiger partial charge is 0.381 e. The third-order valence-electron chi connectivity index (χ3n) is 4.43. The van der Waals surface area contributed by atoms with Gasteiger partial charge in [-0.2, -0.15) is 0 Å². The van der Waals surface area contributed by atoms with Crippen molar-refractivity contribution in [1.29, 1.82) is 0 Å². The van der Waals surface area contributed by atoms with E-state index in [9.17, 15) is 0 Å². The van der Waals surface area contributed by atoms with Gasteiger partial charge >= 0.3 is 0 Å².